The van der Waals surface area contributed by atoms with E-state index >= 15 is 0 Å². The lowest BCUT2D eigenvalue weighted by Gasteiger charge is -2.48. The van der Waals surface area contributed by atoms with E-state index in [2.05, 4.69) is 17.0 Å². The fourth-order valence-electron chi connectivity index (χ4n) is 4.26. The maximum Gasteiger partial charge on any atom is 0.410 e. The Morgan fingerprint density at radius 2 is 1.90 bits per heavy atom. The van der Waals surface area contributed by atoms with E-state index in [1.807, 2.05) is 50.8 Å². The van der Waals surface area contributed by atoms with Gasteiger partial charge < -0.3 is 14.4 Å². The molecule has 2 saturated heterocycles. The molecule has 3 rings (SSSR count). The van der Waals surface area contributed by atoms with Gasteiger partial charge in [0.05, 0.1) is 19.3 Å². The molecule has 0 N–H and O–H groups in total. The Bertz CT molecular complexity index is 714. The molecule has 0 unspecified atom stereocenters. The van der Waals surface area contributed by atoms with Gasteiger partial charge in [-0.2, -0.15) is 0 Å². The van der Waals surface area contributed by atoms with Crippen LogP contribution in [0.4, 0.5) is 13.6 Å². The van der Waals surface area contributed by atoms with E-state index in [4.69, 9.17) is 9.47 Å². The largest absolute Gasteiger partial charge is 0.444 e. The van der Waals surface area contributed by atoms with Crippen molar-refractivity contribution in [2.45, 2.75) is 64.4 Å². The number of benzene rings is 1. The van der Waals surface area contributed by atoms with E-state index in [0.29, 0.717) is 39.3 Å². The van der Waals surface area contributed by atoms with Gasteiger partial charge in [-0.25, -0.2) is 13.6 Å². The minimum Gasteiger partial charge on any atom is -0.444 e. The molecular formula is C23H35F2N3O3. The maximum atomic E-state index is 13.6. The quantitative estimate of drug-likeness (QED) is 0.703. The highest BCUT2D eigenvalue weighted by molar-refractivity contribution is 5.68. The summed E-state index contributed by atoms with van der Waals surface area (Å²) in [5.74, 6) is 0. The first kappa shape index (κ1) is 23.9. The Labute approximate surface area is 184 Å². The van der Waals surface area contributed by atoms with Crippen LogP contribution in [0, 0.1) is 0 Å². The second-order valence-corrected chi connectivity index (χ2v) is 9.52. The molecule has 31 heavy (non-hydrogen) atoms. The Hall–Kier alpha value is -1.77. The molecule has 8 heteroatoms. The van der Waals surface area contributed by atoms with Crippen LogP contribution in [-0.4, -0.2) is 90.3 Å². The Morgan fingerprint density at radius 1 is 1.19 bits per heavy atom. The van der Waals surface area contributed by atoms with Gasteiger partial charge >= 0.3 is 6.09 Å². The number of halogens is 2. The summed E-state index contributed by atoms with van der Waals surface area (Å²) in [7, 11) is 0. The summed E-state index contributed by atoms with van der Waals surface area (Å²) in [4.78, 5) is 18.7. The molecule has 0 radical (unpaired) electrons. The third kappa shape index (κ3) is 6.60. The van der Waals surface area contributed by atoms with Crippen LogP contribution in [0.2, 0.25) is 0 Å². The monoisotopic (exact) mass is 439 g/mol. The Balaban J connectivity index is 1.78. The van der Waals surface area contributed by atoms with E-state index in [-0.39, 0.29) is 24.8 Å². The van der Waals surface area contributed by atoms with Crippen molar-refractivity contribution >= 4 is 6.09 Å². The molecule has 0 spiro atoms. The van der Waals surface area contributed by atoms with Gasteiger partial charge in [0.15, 0.2) is 0 Å². The number of piperazine rings is 1. The molecule has 0 aromatic heterocycles. The van der Waals surface area contributed by atoms with E-state index in [0.717, 1.165) is 5.56 Å². The van der Waals surface area contributed by atoms with Gasteiger partial charge in [-0.3, -0.25) is 9.80 Å². The molecule has 2 heterocycles. The summed E-state index contributed by atoms with van der Waals surface area (Å²) < 4.78 is 38.1. The third-order valence-electron chi connectivity index (χ3n) is 5.83. The lowest BCUT2D eigenvalue weighted by atomic mass is 10.0. The van der Waals surface area contributed by atoms with E-state index in [1.165, 1.54) is 0 Å². The minimum atomic E-state index is -2.47. The SMILES string of the molecule is C[C@@H]1CN(Cc2ccccc2)[C@@H](CN2CCOC[C@H]2C(F)F)CN1C(=O)OC(C)(C)C. The van der Waals surface area contributed by atoms with Crippen molar-refractivity contribution < 1.29 is 23.0 Å². The number of morpholine rings is 1. The predicted octanol–water partition coefficient (Wildman–Crippen LogP) is 3.46. The Kier molecular flexibility index (Phi) is 7.88. The first-order valence-corrected chi connectivity index (χ1v) is 11.0. The normalized spacial score (nSPS) is 26.3. The second kappa shape index (κ2) is 10.2. The fourth-order valence-corrected chi connectivity index (χ4v) is 4.26. The first-order valence-electron chi connectivity index (χ1n) is 11.0. The molecule has 0 bridgehead atoms. The summed E-state index contributed by atoms with van der Waals surface area (Å²) >= 11 is 0. The van der Waals surface area contributed by atoms with Crippen LogP contribution in [0.5, 0.6) is 0 Å². The van der Waals surface area contributed by atoms with Gasteiger partial charge in [0, 0.05) is 44.8 Å². The van der Waals surface area contributed by atoms with Gasteiger partial charge in [-0.15, -0.1) is 0 Å². The molecule has 3 atom stereocenters. The second-order valence-electron chi connectivity index (χ2n) is 9.52. The van der Waals surface area contributed by atoms with E-state index in [1.54, 1.807) is 4.90 Å². The molecule has 6 nitrogen and oxygen atoms in total. The molecule has 1 amide bonds. The number of hydrogen-bond donors (Lipinski definition) is 0. The molecule has 2 aliphatic rings. The van der Waals surface area contributed by atoms with Gasteiger partial charge in [0.2, 0.25) is 0 Å². The molecule has 0 saturated carbocycles. The lowest BCUT2D eigenvalue weighted by Crippen LogP contribution is -2.63. The highest BCUT2D eigenvalue weighted by Crippen LogP contribution is 2.24. The molecule has 2 aliphatic heterocycles. The summed E-state index contributed by atoms with van der Waals surface area (Å²) in [6.07, 6.45) is -2.82. The molecule has 1 aromatic carbocycles. The standard InChI is InChI=1S/C23H35F2N3O3/c1-17-12-27(13-18-8-6-5-7-9-18)19(15-28(17)22(29)31-23(2,3)4)14-26-10-11-30-16-20(26)21(24)25/h5-9,17,19-21H,10-16H2,1-4H3/t17-,19+,20+/m1/s1. The van der Waals surface area contributed by atoms with Crippen molar-refractivity contribution in [3.8, 4) is 0 Å². The molecule has 1 aromatic rings. The first-order chi connectivity index (χ1) is 14.6. The number of ether oxygens (including phenoxy) is 2. The average Bonchev–Trinajstić information content (AvgIpc) is 2.69. The summed E-state index contributed by atoms with van der Waals surface area (Å²) in [5.41, 5.74) is 0.580. The third-order valence-corrected chi connectivity index (χ3v) is 5.83. The average molecular weight is 440 g/mol. The molecule has 0 aliphatic carbocycles. The number of carbonyl (C=O) groups is 1. The number of hydrogen-bond acceptors (Lipinski definition) is 5. The van der Waals surface area contributed by atoms with Crippen molar-refractivity contribution in [2.75, 3.05) is 39.4 Å². The van der Waals surface area contributed by atoms with Crippen LogP contribution in [0.15, 0.2) is 30.3 Å². The maximum absolute atomic E-state index is 13.6. The van der Waals surface area contributed by atoms with Crippen LogP contribution in [-0.2, 0) is 16.0 Å². The molecule has 2 fully saturated rings. The number of amides is 1. The van der Waals surface area contributed by atoms with Crippen molar-refractivity contribution in [3.05, 3.63) is 35.9 Å². The number of rotatable bonds is 5. The molecule has 174 valence electrons. The number of nitrogens with zero attached hydrogens (tertiary/aromatic N) is 3. The zero-order valence-corrected chi connectivity index (χ0v) is 19.0. The zero-order valence-electron chi connectivity index (χ0n) is 19.0. The topological polar surface area (TPSA) is 45.2 Å². The summed E-state index contributed by atoms with van der Waals surface area (Å²) in [6.45, 7) is 10.8. The van der Waals surface area contributed by atoms with Crippen LogP contribution in [0.3, 0.4) is 0 Å². The number of alkyl halides is 2. The highest BCUT2D eigenvalue weighted by atomic mass is 19.3. The zero-order chi connectivity index (χ0) is 22.6. The fraction of sp³-hybridized carbons (Fsp3) is 0.696. The van der Waals surface area contributed by atoms with E-state index in [9.17, 15) is 13.6 Å². The van der Waals surface area contributed by atoms with Crippen molar-refractivity contribution in [2.24, 2.45) is 0 Å². The lowest BCUT2D eigenvalue weighted by molar-refractivity contribution is -0.0865. The summed E-state index contributed by atoms with van der Waals surface area (Å²) in [5, 5.41) is 0. The van der Waals surface area contributed by atoms with Crippen molar-refractivity contribution in [1.29, 1.82) is 0 Å². The smallest absolute Gasteiger partial charge is 0.410 e. The predicted molar refractivity (Wildman–Crippen MR) is 115 cm³/mol. The van der Waals surface area contributed by atoms with Crippen LogP contribution in [0.1, 0.15) is 33.3 Å². The van der Waals surface area contributed by atoms with Gasteiger partial charge in [0.25, 0.3) is 6.43 Å². The van der Waals surface area contributed by atoms with Gasteiger partial charge in [-0.05, 0) is 33.3 Å². The van der Waals surface area contributed by atoms with Crippen LogP contribution in [0.25, 0.3) is 0 Å². The minimum absolute atomic E-state index is 0.0367. The molecular weight excluding hydrogens is 404 g/mol. The van der Waals surface area contributed by atoms with Crippen LogP contribution >= 0.6 is 0 Å². The van der Waals surface area contributed by atoms with Gasteiger partial charge in [0.1, 0.15) is 5.60 Å². The van der Waals surface area contributed by atoms with Gasteiger partial charge in [-0.1, -0.05) is 30.3 Å². The van der Waals surface area contributed by atoms with Crippen molar-refractivity contribution in [3.63, 3.8) is 0 Å². The number of carbonyl (C=O) groups excluding carboxylic acids is 1. The Morgan fingerprint density at radius 3 is 2.55 bits per heavy atom. The van der Waals surface area contributed by atoms with Crippen molar-refractivity contribution in [1.82, 2.24) is 14.7 Å². The highest BCUT2D eigenvalue weighted by Gasteiger charge is 2.39. The van der Waals surface area contributed by atoms with E-state index < -0.39 is 18.1 Å². The summed E-state index contributed by atoms with van der Waals surface area (Å²) in [6, 6.07) is 9.08. The van der Waals surface area contributed by atoms with Crippen LogP contribution < -0.4 is 0 Å².